The number of benzene rings is 2. The maximum absolute atomic E-state index is 11.9. The highest BCUT2D eigenvalue weighted by Gasteiger charge is 2.24. The number of hydrogen-bond acceptors (Lipinski definition) is 1. The standard InChI is InChI=1S/C22H26ClNO/c1-17(23)22(25)24-15-13-19(14-16-24)8-7-18-9-11-21(12-10-18)20-5-3-2-4-6-20/h2-6,9-12,17,19H,7-8,13-16H2,1H3. The van der Waals surface area contributed by atoms with Crippen LogP contribution >= 0.6 is 11.6 Å². The quantitative estimate of drug-likeness (QED) is 0.679. The number of likely N-dealkylation sites (tertiary alicyclic amines) is 1. The summed E-state index contributed by atoms with van der Waals surface area (Å²) in [6.07, 6.45) is 4.50. The van der Waals surface area contributed by atoms with Gasteiger partial charge in [-0.05, 0) is 55.2 Å². The fraction of sp³-hybridized carbons (Fsp3) is 0.409. The van der Waals surface area contributed by atoms with E-state index in [1.54, 1.807) is 6.92 Å². The molecule has 0 radical (unpaired) electrons. The zero-order valence-electron chi connectivity index (χ0n) is 14.8. The number of nitrogens with zero attached hydrogens (tertiary/aromatic N) is 1. The van der Waals surface area contributed by atoms with Crippen LogP contribution in [0.15, 0.2) is 54.6 Å². The number of hydrogen-bond donors (Lipinski definition) is 0. The van der Waals surface area contributed by atoms with Crippen LogP contribution in [0, 0.1) is 5.92 Å². The van der Waals surface area contributed by atoms with Crippen LogP contribution in [0.25, 0.3) is 11.1 Å². The van der Waals surface area contributed by atoms with Gasteiger partial charge in [0.25, 0.3) is 0 Å². The molecule has 2 nitrogen and oxygen atoms in total. The van der Waals surface area contributed by atoms with Crippen LogP contribution in [-0.4, -0.2) is 29.3 Å². The highest BCUT2D eigenvalue weighted by Crippen LogP contribution is 2.24. The van der Waals surface area contributed by atoms with Gasteiger partial charge in [-0.1, -0.05) is 54.6 Å². The molecule has 3 heteroatoms. The van der Waals surface area contributed by atoms with Crippen molar-refractivity contribution in [3.63, 3.8) is 0 Å². The third-order valence-corrected chi connectivity index (χ3v) is 5.36. The Morgan fingerprint density at radius 2 is 1.64 bits per heavy atom. The van der Waals surface area contributed by atoms with E-state index in [2.05, 4.69) is 48.5 Å². The summed E-state index contributed by atoms with van der Waals surface area (Å²) < 4.78 is 0. The van der Waals surface area contributed by atoms with Crippen molar-refractivity contribution in [2.75, 3.05) is 13.1 Å². The van der Waals surface area contributed by atoms with E-state index in [9.17, 15) is 4.79 Å². The van der Waals surface area contributed by atoms with E-state index in [4.69, 9.17) is 11.6 Å². The van der Waals surface area contributed by atoms with Gasteiger partial charge in [0.05, 0.1) is 0 Å². The van der Waals surface area contributed by atoms with E-state index < -0.39 is 5.38 Å². The zero-order chi connectivity index (χ0) is 17.6. The van der Waals surface area contributed by atoms with E-state index >= 15 is 0 Å². The van der Waals surface area contributed by atoms with Crippen LogP contribution < -0.4 is 0 Å². The lowest BCUT2D eigenvalue weighted by molar-refractivity contribution is -0.131. The Morgan fingerprint density at radius 1 is 1.04 bits per heavy atom. The van der Waals surface area contributed by atoms with Crippen molar-refractivity contribution in [3.05, 3.63) is 60.2 Å². The zero-order valence-corrected chi connectivity index (χ0v) is 15.6. The number of alkyl halides is 1. The lowest BCUT2D eigenvalue weighted by Gasteiger charge is -2.32. The van der Waals surface area contributed by atoms with Crippen molar-refractivity contribution >= 4 is 17.5 Å². The molecule has 0 spiro atoms. The number of amides is 1. The monoisotopic (exact) mass is 355 g/mol. The van der Waals surface area contributed by atoms with Crippen molar-refractivity contribution < 1.29 is 4.79 Å². The van der Waals surface area contributed by atoms with Crippen molar-refractivity contribution in [3.8, 4) is 11.1 Å². The minimum absolute atomic E-state index is 0.0802. The molecule has 2 aromatic carbocycles. The molecule has 1 saturated heterocycles. The molecule has 1 fully saturated rings. The van der Waals surface area contributed by atoms with Gasteiger partial charge in [-0.2, -0.15) is 0 Å². The van der Waals surface area contributed by atoms with Gasteiger partial charge in [0, 0.05) is 13.1 Å². The molecule has 1 unspecified atom stereocenters. The number of carbonyl (C=O) groups is 1. The SMILES string of the molecule is CC(Cl)C(=O)N1CCC(CCc2ccc(-c3ccccc3)cc2)CC1. The second-order valence-corrected chi connectivity index (χ2v) is 7.64. The Hall–Kier alpha value is -1.80. The van der Waals surface area contributed by atoms with Gasteiger partial charge in [-0.15, -0.1) is 11.6 Å². The summed E-state index contributed by atoms with van der Waals surface area (Å²) >= 11 is 5.90. The number of carbonyl (C=O) groups excluding carboxylic acids is 1. The average molecular weight is 356 g/mol. The van der Waals surface area contributed by atoms with Gasteiger partial charge >= 0.3 is 0 Å². The number of piperidine rings is 1. The van der Waals surface area contributed by atoms with Gasteiger partial charge in [0.1, 0.15) is 5.38 Å². The van der Waals surface area contributed by atoms with E-state index in [0.29, 0.717) is 5.92 Å². The van der Waals surface area contributed by atoms with Crippen LogP contribution in [-0.2, 0) is 11.2 Å². The Kier molecular flexibility index (Phi) is 6.14. The number of halogens is 1. The normalized spacial score (nSPS) is 16.6. The Balaban J connectivity index is 1.47. The summed E-state index contributed by atoms with van der Waals surface area (Å²) in [5, 5.41) is -0.403. The second kappa shape index (κ2) is 8.53. The fourth-order valence-electron chi connectivity index (χ4n) is 3.56. The van der Waals surface area contributed by atoms with Crippen LogP contribution in [0.1, 0.15) is 31.7 Å². The van der Waals surface area contributed by atoms with E-state index in [1.807, 2.05) is 11.0 Å². The fourth-order valence-corrected chi connectivity index (χ4v) is 3.70. The van der Waals surface area contributed by atoms with E-state index in [0.717, 1.165) is 32.4 Å². The third-order valence-electron chi connectivity index (χ3n) is 5.17. The number of rotatable bonds is 5. The van der Waals surface area contributed by atoms with Crippen LogP contribution in [0.5, 0.6) is 0 Å². The van der Waals surface area contributed by atoms with Crippen LogP contribution in [0.3, 0.4) is 0 Å². The highest BCUT2D eigenvalue weighted by molar-refractivity contribution is 6.30. The van der Waals surface area contributed by atoms with Gasteiger partial charge < -0.3 is 4.90 Å². The van der Waals surface area contributed by atoms with E-state index in [1.165, 1.54) is 23.1 Å². The van der Waals surface area contributed by atoms with E-state index in [-0.39, 0.29) is 5.91 Å². The molecule has 1 atom stereocenters. The summed E-state index contributed by atoms with van der Waals surface area (Å²) in [4.78, 5) is 13.8. The summed E-state index contributed by atoms with van der Waals surface area (Å²) in [7, 11) is 0. The highest BCUT2D eigenvalue weighted by atomic mass is 35.5. The summed E-state index contributed by atoms with van der Waals surface area (Å²) in [5.74, 6) is 0.792. The molecule has 25 heavy (non-hydrogen) atoms. The lowest BCUT2D eigenvalue weighted by atomic mass is 9.90. The average Bonchev–Trinajstić information content (AvgIpc) is 2.67. The number of aryl methyl sites for hydroxylation is 1. The van der Waals surface area contributed by atoms with Crippen molar-refractivity contribution in [1.82, 2.24) is 4.90 Å². The van der Waals surface area contributed by atoms with Crippen molar-refractivity contribution in [2.24, 2.45) is 5.92 Å². The largest absolute Gasteiger partial charge is 0.341 e. The Bertz CT molecular complexity index is 673. The Morgan fingerprint density at radius 3 is 2.24 bits per heavy atom. The van der Waals surface area contributed by atoms with Crippen LogP contribution in [0.4, 0.5) is 0 Å². The van der Waals surface area contributed by atoms with Gasteiger partial charge in [-0.25, -0.2) is 0 Å². The first-order valence-corrected chi connectivity index (χ1v) is 9.64. The predicted molar refractivity (Wildman–Crippen MR) is 105 cm³/mol. The third kappa shape index (κ3) is 4.85. The molecule has 0 bridgehead atoms. The predicted octanol–water partition coefficient (Wildman–Crippen LogP) is 5.15. The maximum Gasteiger partial charge on any atom is 0.240 e. The molecule has 0 saturated carbocycles. The van der Waals surface area contributed by atoms with Crippen molar-refractivity contribution in [1.29, 1.82) is 0 Å². The molecule has 2 aromatic rings. The molecule has 3 rings (SSSR count). The first kappa shape index (κ1) is 18.0. The Labute approximate surface area is 155 Å². The molecule has 1 heterocycles. The molecular formula is C22H26ClNO. The molecule has 0 aliphatic carbocycles. The summed E-state index contributed by atoms with van der Waals surface area (Å²) in [5.41, 5.74) is 3.93. The van der Waals surface area contributed by atoms with Crippen molar-refractivity contribution in [2.45, 2.75) is 38.0 Å². The second-order valence-electron chi connectivity index (χ2n) is 6.99. The molecular weight excluding hydrogens is 330 g/mol. The summed E-state index contributed by atoms with van der Waals surface area (Å²) in [6.45, 7) is 3.47. The maximum atomic E-state index is 11.9. The first-order valence-electron chi connectivity index (χ1n) is 9.20. The lowest BCUT2D eigenvalue weighted by Crippen LogP contribution is -2.41. The molecule has 132 valence electrons. The van der Waals surface area contributed by atoms with Gasteiger partial charge in [0.15, 0.2) is 0 Å². The van der Waals surface area contributed by atoms with Crippen LogP contribution in [0.2, 0.25) is 0 Å². The molecule has 0 N–H and O–H groups in total. The smallest absolute Gasteiger partial charge is 0.240 e. The molecule has 1 aliphatic rings. The minimum Gasteiger partial charge on any atom is -0.341 e. The summed E-state index contributed by atoms with van der Waals surface area (Å²) in [6, 6.07) is 19.4. The molecule has 1 aliphatic heterocycles. The van der Waals surface area contributed by atoms with Gasteiger partial charge in [0.2, 0.25) is 5.91 Å². The molecule has 1 amide bonds. The van der Waals surface area contributed by atoms with Gasteiger partial charge in [-0.3, -0.25) is 4.79 Å². The minimum atomic E-state index is -0.403. The topological polar surface area (TPSA) is 20.3 Å². The first-order chi connectivity index (χ1) is 12.1. The molecule has 0 aromatic heterocycles.